The van der Waals surface area contributed by atoms with Gasteiger partial charge in [-0.1, -0.05) is 12.1 Å². The molecule has 2 aromatic carbocycles. The number of carbonyl (C=O) groups excluding carboxylic acids is 2. The Hall–Kier alpha value is -2.47. The third kappa shape index (κ3) is 4.19. The van der Waals surface area contributed by atoms with Crippen LogP contribution in [0.3, 0.4) is 0 Å². The number of amides is 2. The van der Waals surface area contributed by atoms with Gasteiger partial charge in [0.2, 0.25) is 11.8 Å². The third-order valence-electron chi connectivity index (χ3n) is 4.39. The van der Waals surface area contributed by atoms with Crippen molar-refractivity contribution < 1.29 is 9.59 Å². The monoisotopic (exact) mass is 369 g/mol. The third-order valence-corrected chi connectivity index (χ3v) is 5.19. The highest BCUT2D eigenvalue weighted by Gasteiger charge is 2.21. The van der Waals surface area contributed by atoms with E-state index in [2.05, 4.69) is 10.6 Å². The summed E-state index contributed by atoms with van der Waals surface area (Å²) < 4.78 is 0. The fourth-order valence-electron chi connectivity index (χ4n) is 2.96. The van der Waals surface area contributed by atoms with E-state index in [4.69, 9.17) is 0 Å². The summed E-state index contributed by atoms with van der Waals surface area (Å²) in [5.74, 6) is 0.0798. The van der Waals surface area contributed by atoms with Gasteiger partial charge < -0.3 is 15.5 Å². The maximum absolute atomic E-state index is 12.5. The van der Waals surface area contributed by atoms with Crippen molar-refractivity contribution >= 4 is 40.6 Å². The highest BCUT2D eigenvalue weighted by molar-refractivity contribution is 7.98. The van der Waals surface area contributed by atoms with E-state index in [-0.39, 0.29) is 17.9 Å². The summed E-state index contributed by atoms with van der Waals surface area (Å²) in [6.07, 6.45) is 3.52. The maximum atomic E-state index is 12.5. The van der Waals surface area contributed by atoms with E-state index in [9.17, 15) is 9.59 Å². The number of thioether (sulfide) groups is 1. The van der Waals surface area contributed by atoms with Crippen molar-refractivity contribution in [3.8, 4) is 0 Å². The van der Waals surface area contributed by atoms with Gasteiger partial charge in [-0.15, -0.1) is 11.8 Å². The SMILES string of the molecule is CSc1ccccc1NC(=O)[C@@H](C)Nc1ccc(N2CCCC2=O)cc1. The van der Waals surface area contributed by atoms with Crippen LogP contribution in [0.1, 0.15) is 19.8 Å². The fourth-order valence-corrected chi connectivity index (χ4v) is 3.52. The lowest BCUT2D eigenvalue weighted by Crippen LogP contribution is -2.32. The molecule has 2 N–H and O–H groups in total. The Bertz CT molecular complexity index is 792. The molecule has 2 amide bonds. The number of hydrogen-bond acceptors (Lipinski definition) is 4. The highest BCUT2D eigenvalue weighted by atomic mass is 32.2. The molecule has 0 spiro atoms. The summed E-state index contributed by atoms with van der Waals surface area (Å²) in [6, 6.07) is 15.0. The van der Waals surface area contributed by atoms with Gasteiger partial charge in [0.25, 0.3) is 0 Å². The maximum Gasteiger partial charge on any atom is 0.246 e. The predicted octanol–water partition coefficient (Wildman–Crippen LogP) is 3.97. The van der Waals surface area contributed by atoms with Crippen molar-refractivity contribution in [1.82, 2.24) is 0 Å². The lowest BCUT2D eigenvalue weighted by Gasteiger charge is -2.18. The standard InChI is InChI=1S/C20H23N3O2S/c1-14(20(25)22-17-6-3-4-7-18(17)26-2)21-15-9-11-16(12-10-15)23-13-5-8-19(23)24/h3-4,6-7,9-12,14,21H,5,8,13H2,1-2H3,(H,22,25)/t14-/m1/s1. The number of anilines is 3. The molecule has 0 saturated carbocycles. The first-order valence-electron chi connectivity index (χ1n) is 8.69. The van der Waals surface area contributed by atoms with E-state index in [0.29, 0.717) is 6.42 Å². The van der Waals surface area contributed by atoms with E-state index in [0.717, 1.165) is 34.9 Å². The summed E-state index contributed by atoms with van der Waals surface area (Å²) in [5.41, 5.74) is 2.58. The van der Waals surface area contributed by atoms with Gasteiger partial charge in [0.05, 0.1) is 5.69 Å². The second-order valence-electron chi connectivity index (χ2n) is 6.25. The van der Waals surface area contributed by atoms with Crippen LogP contribution in [0.2, 0.25) is 0 Å². The van der Waals surface area contributed by atoms with Crippen LogP contribution >= 0.6 is 11.8 Å². The summed E-state index contributed by atoms with van der Waals surface area (Å²) in [7, 11) is 0. The summed E-state index contributed by atoms with van der Waals surface area (Å²) in [5, 5.41) is 6.17. The number of benzene rings is 2. The highest BCUT2D eigenvalue weighted by Crippen LogP contribution is 2.25. The van der Waals surface area contributed by atoms with Crippen molar-refractivity contribution in [1.29, 1.82) is 0 Å². The Kier molecular flexibility index (Phi) is 5.83. The first-order chi connectivity index (χ1) is 12.6. The number of rotatable bonds is 6. The van der Waals surface area contributed by atoms with Gasteiger partial charge in [0.15, 0.2) is 0 Å². The minimum Gasteiger partial charge on any atom is -0.374 e. The molecule has 0 bridgehead atoms. The Labute approximate surface area is 158 Å². The van der Waals surface area contributed by atoms with Crippen molar-refractivity contribution in [3.63, 3.8) is 0 Å². The van der Waals surface area contributed by atoms with Gasteiger partial charge in [-0.2, -0.15) is 0 Å². The van der Waals surface area contributed by atoms with Crippen LogP contribution < -0.4 is 15.5 Å². The Morgan fingerprint density at radius 1 is 1.15 bits per heavy atom. The molecular formula is C20H23N3O2S. The first kappa shape index (κ1) is 18.3. The van der Waals surface area contributed by atoms with Gasteiger partial charge in [0, 0.05) is 29.2 Å². The second kappa shape index (κ2) is 8.27. The quantitative estimate of drug-likeness (QED) is 0.756. The number of carbonyl (C=O) groups is 2. The van der Waals surface area contributed by atoms with Crippen LogP contribution in [0.15, 0.2) is 53.4 Å². The molecule has 3 rings (SSSR count). The van der Waals surface area contributed by atoms with Crippen molar-refractivity contribution in [3.05, 3.63) is 48.5 Å². The number of nitrogens with zero attached hydrogens (tertiary/aromatic N) is 1. The smallest absolute Gasteiger partial charge is 0.246 e. The summed E-state index contributed by atoms with van der Waals surface area (Å²) in [4.78, 5) is 27.1. The summed E-state index contributed by atoms with van der Waals surface area (Å²) in [6.45, 7) is 2.61. The molecule has 1 aliphatic heterocycles. The molecule has 5 nitrogen and oxygen atoms in total. The van der Waals surface area contributed by atoms with Gasteiger partial charge in [-0.05, 0) is 56.0 Å². The molecule has 26 heavy (non-hydrogen) atoms. The number of para-hydroxylation sites is 1. The molecule has 1 fully saturated rings. The molecule has 0 unspecified atom stereocenters. The average Bonchev–Trinajstić information content (AvgIpc) is 3.08. The largest absolute Gasteiger partial charge is 0.374 e. The van der Waals surface area contributed by atoms with Gasteiger partial charge in [-0.3, -0.25) is 9.59 Å². The molecule has 2 aromatic rings. The molecule has 0 aliphatic carbocycles. The Balaban J connectivity index is 1.61. The number of hydrogen-bond donors (Lipinski definition) is 2. The molecule has 0 aromatic heterocycles. The topological polar surface area (TPSA) is 61.4 Å². The molecular weight excluding hydrogens is 346 g/mol. The fraction of sp³-hybridized carbons (Fsp3) is 0.300. The lowest BCUT2D eigenvalue weighted by atomic mass is 10.2. The van der Waals surface area contributed by atoms with Crippen molar-refractivity contribution in [2.75, 3.05) is 28.3 Å². The number of nitrogens with one attached hydrogen (secondary N) is 2. The zero-order valence-corrected chi connectivity index (χ0v) is 15.8. The normalized spacial score (nSPS) is 15.0. The van der Waals surface area contributed by atoms with Crippen molar-refractivity contribution in [2.24, 2.45) is 0 Å². The van der Waals surface area contributed by atoms with E-state index >= 15 is 0 Å². The van der Waals surface area contributed by atoms with E-state index in [1.165, 1.54) is 0 Å². The first-order valence-corrected chi connectivity index (χ1v) is 9.92. The zero-order chi connectivity index (χ0) is 18.5. The summed E-state index contributed by atoms with van der Waals surface area (Å²) >= 11 is 1.60. The minimum atomic E-state index is -0.385. The van der Waals surface area contributed by atoms with Gasteiger partial charge in [-0.25, -0.2) is 0 Å². The molecule has 6 heteroatoms. The molecule has 0 radical (unpaired) electrons. The van der Waals surface area contributed by atoms with Crippen LogP contribution in [-0.4, -0.2) is 30.7 Å². The Morgan fingerprint density at radius 3 is 2.54 bits per heavy atom. The lowest BCUT2D eigenvalue weighted by molar-refractivity contribution is -0.117. The van der Waals surface area contributed by atoms with Crippen LogP contribution in [-0.2, 0) is 9.59 Å². The average molecular weight is 369 g/mol. The second-order valence-corrected chi connectivity index (χ2v) is 7.10. The molecule has 1 aliphatic rings. The predicted molar refractivity (Wildman–Crippen MR) is 108 cm³/mol. The van der Waals surface area contributed by atoms with Gasteiger partial charge in [0.1, 0.15) is 6.04 Å². The van der Waals surface area contributed by atoms with Crippen LogP contribution in [0.5, 0.6) is 0 Å². The van der Waals surface area contributed by atoms with E-state index < -0.39 is 0 Å². The van der Waals surface area contributed by atoms with E-state index in [1.807, 2.05) is 61.7 Å². The molecule has 1 heterocycles. The van der Waals surface area contributed by atoms with Crippen LogP contribution in [0.25, 0.3) is 0 Å². The molecule has 136 valence electrons. The van der Waals surface area contributed by atoms with Crippen LogP contribution in [0, 0.1) is 0 Å². The van der Waals surface area contributed by atoms with Gasteiger partial charge >= 0.3 is 0 Å². The molecule has 1 saturated heterocycles. The zero-order valence-electron chi connectivity index (χ0n) is 15.0. The van der Waals surface area contributed by atoms with Crippen LogP contribution in [0.4, 0.5) is 17.1 Å². The Morgan fingerprint density at radius 2 is 1.88 bits per heavy atom. The van der Waals surface area contributed by atoms with E-state index in [1.54, 1.807) is 16.7 Å². The minimum absolute atomic E-state index is 0.0923. The van der Waals surface area contributed by atoms with Crippen molar-refractivity contribution in [2.45, 2.75) is 30.7 Å². The molecule has 1 atom stereocenters.